The second-order valence-electron chi connectivity index (χ2n) is 1.55. The Hall–Kier alpha value is 1.38. The Balaban J connectivity index is 3.31. The topological polar surface area (TPSA) is 26.3 Å². The first-order chi connectivity index (χ1) is 4.20. The third-order valence-corrected chi connectivity index (χ3v) is 18.6. The van der Waals surface area contributed by atoms with Gasteiger partial charge in [-0.25, -0.2) is 0 Å². The Morgan fingerprint density at radius 1 is 1.67 bits per heavy atom. The van der Waals surface area contributed by atoms with Crippen molar-refractivity contribution in [3.05, 3.63) is 5.21 Å². The summed E-state index contributed by atoms with van der Waals surface area (Å²) in [5.41, 5.74) is 0. The molecule has 0 unspecified atom stereocenters. The van der Waals surface area contributed by atoms with Crippen LogP contribution in [0.2, 0.25) is 0 Å². The first-order valence-corrected chi connectivity index (χ1v) is 14.2. The fourth-order valence-electron chi connectivity index (χ4n) is 0.413. The Bertz CT molecular complexity index is 66.0. The van der Waals surface area contributed by atoms with Gasteiger partial charge in [0.15, 0.2) is 0 Å². The monoisotopic (exact) mass is 357 g/mol. The third kappa shape index (κ3) is 5.81. The molecule has 0 rings (SSSR count). The first kappa shape index (κ1) is 10.4. The summed E-state index contributed by atoms with van der Waals surface area (Å²) in [7, 11) is 1.64. The first-order valence-electron chi connectivity index (χ1n) is 2.71. The van der Waals surface area contributed by atoms with Crippen molar-refractivity contribution in [2.45, 2.75) is 6.92 Å². The average molecular weight is 357 g/mol. The van der Waals surface area contributed by atoms with Gasteiger partial charge < -0.3 is 0 Å². The van der Waals surface area contributed by atoms with Crippen molar-refractivity contribution in [2.75, 3.05) is 21.0 Å². The van der Waals surface area contributed by atoms with E-state index in [0.29, 0.717) is 17.2 Å². The maximum absolute atomic E-state index is 10.5. The van der Waals surface area contributed by atoms with E-state index in [1.807, 2.05) is 0 Å². The number of hydrogen-bond acceptors (Lipinski definition) is 2. The van der Waals surface area contributed by atoms with Crippen LogP contribution in [0.1, 0.15) is 6.92 Å². The van der Waals surface area contributed by atoms with Crippen LogP contribution in [-0.2, 0) is 0 Å². The molecule has 2 nitrogen and oxygen atoms in total. The van der Waals surface area contributed by atoms with E-state index in [1.165, 1.54) is 4.43 Å². The molecule has 0 aliphatic carbocycles. The summed E-state index contributed by atoms with van der Waals surface area (Å²) >= 11 is -0.261. The summed E-state index contributed by atoms with van der Waals surface area (Å²) in [6, 6.07) is 0. The molecule has 0 radical (unpaired) electrons. The van der Waals surface area contributed by atoms with Gasteiger partial charge in [0.1, 0.15) is 0 Å². The van der Waals surface area contributed by atoms with Gasteiger partial charge in [-0.1, -0.05) is 0 Å². The van der Waals surface area contributed by atoms with Crippen LogP contribution in [0.4, 0.5) is 0 Å². The molecule has 0 aliphatic rings. The summed E-state index contributed by atoms with van der Waals surface area (Å²) in [6.07, 6.45) is 0. The molecule has 0 aromatic rings. The molecule has 0 bridgehead atoms. The van der Waals surface area contributed by atoms with E-state index in [4.69, 9.17) is 0 Å². The molecular formula is C5H13I2NO-2. The van der Waals surface area contributed by atoms with E-state index in [1.54, 1.807) is 7.05 Å². The van der Waals surface area contributed by atoms with Crippen LogP contribution >= 0.6 is 15.8 Å². The second kappa shape index (κ2) is 6.11. The fourth-order valence-corrected chi connectivity index (χ4v) is 10.8. The Morgan fingerprint density at radius 2 is 2.22 bits per heavy atom. The molecule has 0 heterocycles. The minimum atomic E-state index is -0.684. The molecule has 0 aromatic carbocycles. The summed E-state index contributed by atoms with van der Waals surface area (Å²) in [5, 5.41) is 11.7. The number of hydrogen-bond donors (Lipinski definition) is 0. The van der Waals surface area contributed by atoms with Gasteiger partial charge in [-0.15, -0.1) is 0 Å². The zero-order chi connectivity index (χ0) is 7.28. The van der Waals surface area contributed by atoms with Gasteiger partial charge in [0, 0.05) is 0 Å². The van der Waals surface area contributed by atoms with Gasteiger partial charge in [-0.3, -0.25) is 0 Å². The normalized spacial score (nSPS) is 12.8. The Labute approximate surface area is 70.6 Å². The molecule has 0 N–H and O–H groups in total. The number of nitrogens with zero attached hydrogens (tertiary/aromatic N) is 1. The van der Waals surface area contributed by atoms with Gasteiger partial charge in [0.2, 0.25) is 0 Å². The molecule has 60 valence electrons. The predicted molar refractivity (Wildman–Crippen MR) is 46.5 cm³/mol. The Kier molecular flexibility index (Phi) is 7.05. The van der Waals surface area contributed by atoms with Crippen LogP contribution in [0.3, 0.4) is 0 Å². The molecule has 0 saturated heterocycles. The van der Waals surface area contributed by atoms with Crippen molar-refractivity contribution < 1.29 is 17.2 Å². The van der Waals surface area contributed by atoms with Crippen molar-refractivity contribution >= 4 is 15.8 Å². The van der Waals surface area contributed by atoms with Crippen molar-refractivity contribution in [1.82, 2.24) is 5.06 Å². The van der Waals surface area contributed by atoms with E-state index < -0.39 is 15.8 Å². The molecule has 0 saturated carbocycles. The average Bonchev–Trinajstić information content (AvgIpc) is 1.82. The number of halogens is 2. The SMILES string of the molecule is CCI(CN(C)[O-])[I-]C. The molecule has 4 heteroatoms. The van der Waals surface area contributed by atoms with Crippen LogP contribution in [-0.4, -0.2) is 26.0 Å². The van der Waals surface area contributed by atoms with E-state index in [0.717, 1.165) is 9.61 Å². The second-order valence-corrected chi connectivity index (χ2v) is 20.0. The van der Waals surface area contributed by atoms with E-state index >= 15 is 0 Å². The predicted octanol–water partition coefficient (Wildman–Crippen LogP) is -1.47. The molecule has 0 atom stereocenters. The van der Waals surface area contributed by atoms with Crippen LogP contribution in [0.5, 0.6) is 0 Å². The van der Waals surface area contributed by atoms with Crippen LogP contribution in [0.15, 0.2) is 0 Å². The standard InChI is InChI=1S/C5H13I2NO/c1-4-7(6-2)5-8(3)9/h4-5H2,1-3H3/q-2. The number of alkyl halides is 3. The van der Waals surface area contributed by atoms with Crippen LogP contribution in [0, 0.1) is 5.21 Å². The van der Waals surface area contributed by atoms with Crippen molar-refractivity contribution in [3.8, 4) is 0 Å². The quantitative estimate of drug-likeness (QED) is 0.266. The van der Waals surface area contributed by atoms with E-state index in [-0.39, 0.29) is 0 Å². The minimum absolute atomic E-state index is 0.423. The van der Waals surface area contributed by atoms with E-state index in [2.05, 4.69) is 11.9 Å². The molecule has 0 aromatic heterocycles. The molecule has 0 aliphatic heterocycles. The zero-order valence-corrected chi connectivity index (χ0v) is 10.3. The van der Waals surface area contributed by atoms with Crippen LogP contribution < -0.4 is 17.2 Å². The summed E-state index contributed by atoms with van der Waals surface area (Å²) in [6.45, 7) is 2.22. The summed E-state index contributed by atoms with van der Waals surface area (Å²) in [4.78, 5) is 2.30. The number of rotatable bonds is 4. The van der Waals surface area contributed by atoms with Gasteiger partial charge in [0.05, 0.1) is 0 Å². The molecule has 0 spiro atoms. The van der Waals surface area contributed by atoms with Gasteiger partial charge in [-0.05, 0) is 0 Å². The molecule has 0 fully saturated rings. The van der Waals surface area contributed by atoms with Crippen molar-refractivity contribution in [1.29, 1.82) is 0 Å². The third-order valence-electron chi connectivity index (χ3n) is 0.790. The summed E-state index contributed by atoms with van der Waals surface area (Å²) < 4.78 is 2.21. The van der Waals surface area contributed by atoms with Crippen molar-refractivity contribution in [3.63, 3.8) is 0 Å². The van der Waals surface area contributed by atoms with Gasteiger partial charge >= 0.3 is 71.2 Å². The van der Waals surface area contributed by atoms with Crippen LogP contribution in [0.25, 0.3) is 0 Å². The van der Waals surface area contributed by atoms with Crippen molar-refractivity contribution in [2.24, 2.45) is 0 Å². The molecular weight excluding hydrogens is 344 g/mol. The fraction of sp³-hybridized carbons (Fsp3) is 1.00. The summed E-state index contributed by atoms with van der Waals surface area (Å²) in [5.74, 6) is 0. The van der Waals surface area contributed by atoms with Gasteiger partial charge in [0.25, 0.3) is 0 Å². The zero-order valence-electron chi connectivity index (χ0n) is 6.03. The molecule has 0 amide bonds. The maximum atomic E-state index is 10.5. The van der Waals surface area contributed by atoms with E-state index in [9.17, 15) is 5.21 Å². The Morgan fingerprint density at radius 3 is 2.33 bits per heavy atom. The van der Waals surface area contributed by atoms with Gasteiger partial charge in [-0.2, -0.15) is 0 Å². The number of hydroxylamine groups is 2. The molecule has 9 heavy (non-hydrogen) atoms.